The van der Waals surface area contributed by atoms with Gasteiger partial charge in [0.25, 0.3) is 5.91 Å². The molecule has 0 radical (unpaired) electrons. The second-order valence-corrected chi connectivity index (χ2v) is 11.5. The van der Waals surface area contributed by atoms with Gasteiger partial charge in [0.2, 0.25) is 5.91 Å². The van der Waals surface area contributed by atoms with Gasteiger partial charge in [-0.15, -0.1) is 0 Å². The van der Waals surface area contributed by atoms with Crippen LogP contribution < -0.4 is 15.4 Å². The zero-order chi connectivity index (χ0) is 31.5. The van der Waals surface area contributed by atoms with Gasteiger partial charge in [-0.25, -0.2) is 19.2 Å². The Kier molecular flexibility index (Phi) is 9.34. The normalized spacial score (nSPS) is 16.4. The highest BCUT2D eigenvalue weighted by Gasteiger charge is 2.42. The third-order valence-electron chi connectivity index (χ3n) is 6.45. The molecule has 0 bridgehead atoms. The van der Waals surface area contributed by atoms with Gasteiger partial charge in [0, 0.05) is 44.1 Å². The van der Waals surface area contributed by atoms with E-state index in [0.717, 1.165) is 0 Å². The van der Waals surface area contributed by atoms with E-state index < -0.39 is 35.5 Å². The molecule has 14 heteroatoms. The minimum absolute atomic E-state index is 0.0492. The molecule has 2 N–H and O–H groups in total. The van der Waals surface area contributed by atoms with E-state index in [-0.39, 0.29) is 47.4 Å². The van der Waals surface area contributed by atoms with Gasteiger partial charge in [-0.2, -0.15) is 0 Å². The van der Waals surface area contributed by atoms with Crippen LogP contribution in [-0.2, 0) is 9.53 Å². The molecule has 3 heterocycles. The lowest BCUT2D eigenvalue weighted by Crippen LogP contribution is -2.47. The number of pyridine rings is 1. The minimum atomic E-state index is -0.808. The number of amides is 3. The number of hydrogen-bond donors (Lipinski definition) is 2. The maximum absolute atomic E-state index is 14.5. The predicted molar refractivity (Wildman–Crippen MR) is 158 cm³/mol. The second kappa shape index (κ2) is 12.8. The van der Waals surface area contributed by atoms with Crippen LogP contribution in [0.15, 0.2) is 42.9 Å². The fourth-order valence-electron chi connectivity index (χ4n) is 4.48. The number of aromatic nitrogens is 3. The molecule has 2 atom stereocenters. The zero-order valence-electron chi connectivity index (χ0n) is 24.6. The number of carbonyl (C=O) groups excluding carboxylic acids is 3. The first kappa shape index (κ1) is 31.4. The van der Waals surface area contributed by atoms with Crippen molar-refractivity contribution in [2.75, 3.05) is 33.1 Å². The Hall–Kier alpha value is -4.52. The lowest BCUT2D eigenvalue weighted by molar-refractivity contribution is -0.133. The number of likely N-dealkylation sites (N-methyl/N-ethyl adjacent to an activating group) is 1. The molecule has 0 unspecified atom stereocenters. The maximum Gasteiger partial charge on any atom is 0.411 e. The molecule has 1 aliphatic heterocycles. The van der Waals surface area contributed by atoms with Crippen molar-refractivity contribution in [2.24, 2.45) is 0 Å². The number of carbonyl (C=O) groups is 3. The highest BCUT2D eigenvalue weighted by molar-refractivity contribution is 6.30. The molecule has 12 nitrogen and oxygen atoms in total. The first-order chi connectivity index (χ1) is 20.3. The minimum Gasteiger partial charge on any atom is -0.491 e. The van der Waals surface area contributed by atoms with Crippen LogP contribution in [0.5, 0.6) is 5.75 Å². The number of hydrogen-bond acceptors (Lipinski definition) is 9. The second-order valence-electron chi connectivity index (χ2n) is 11.1. The van der Waals surface area contributed by atoms with Crippen LogP contribution >= 0.6 is 11.6 Å². The first-order valence-electron chi connectivity index (χ1n) is 13.4. The van der Waals surface area contributed by atoms with Crippen LogP contribution in [0.4, 0.5) is 20.7 Å². The van der Waals surface area contributed by atoms with E-state index in [1.807, 2.05) is 0 Å². The van der Waals surface area contributed by atoms with Crippen LogP contribution in [0.1, 0.15) is 37.6 Å². The molecule has 1 aliphatic rings. The molecule has 2 aromatic heterocycles. The van der Waals surface area contributed by atoms with Crippen molar-refractivity contribution in [2.45, 2.75) is 44.9 Å². The Labute approximate surface area is 253 Å². The average Bonchev–Trinajstić information content (AvgIpc) is 3.37. The molecule has 0 saturated carbocycles. The SMILES string of the molecule is COc1cnc(-c2cc(Cl)ccc2F)nc1Nc1ccncc1C(=O)N[C@@H]1C[C@H](C(=O)N(C)C)N(C(=O)OC(C)(C)C)C1. The molecule has 43 heavy (non-hydrogen) atoms. The van der Waals surface area contributed by atoms with Crippen LogP contribution in [0, 0.1) is 5.82 Å². The highest BCUT2D eigenvalue weighted by atomic mass is 35.5. The lowest BCUT2D eigenvalue weighted by atomic mass is 10.1. The number of methoxy groups -OCH3 is 1. The molecule has 1 fully saturated rings. The molecule has 1 saturated heterocycles. The summed E-state index contributed by atoms with van der Waals surface area (Å²) in [5.74, 6) is -0.893. The van der Waals surface area contributed by atoms with E-state index >= 15 is 0 Å². The van der Waals surface area contributed by atoms with E-state index in [1.165, 1.54) is 53.7 Å². The number of rotatable bonds is 7. The average molecular weight is 614 g/mol. The van der Waals surface area contributed by atoms with Gasteiger partial charge in [-0.3, -0.25) is 19.5 Å². The maximum atomic E-state index is 14.5. The fraction of sp³-hybridized carbons (Fsp3) is 0.379. The van der Waals surface area contributed by atoms with E-state index in [4.69, 9.17) is 21.1 Å². The summed E-state index contributed by atoms with van der Waals surface area (Å²) in [5.41, 5.74) is -0.195. The summed E-state index contributed by atoms with van der Waals surface area (Å²) in [7, 11) is 4.62. The Morgan fingerprint density at radius 1 is 1.16 bits per heavy atom. The Morgan fingerprint density at radius 3 is 2.58 bits per heavy atom. The number of nitrogens with zero attached hydrogens (tertiary/aromatic N) is 5. The topological polar surface area (TPSA) is 139 Å². The van der Waals surface area contributed by atoms with Gasteiger partial charge in [-0.1, -0.05) is 11.6 Å². The van der Waals surface area contributed by atoms with Gasteiger partial charge < -0.3 is 25.0 Å². The smallest absolute Gasteiger partial charge is 0.411 e. The number of halogens is 2. The third kappa shape index (κ3) is 7.47. The highest BCUT2D eigenvalue weighted by Crippen LogP contribution is 2.31. The molecule has 4 rings (SSSR count). The third-order valence-corrected chi connectivity index (χ3v) is 6.69. The monoisotopic (exact) mass is 613 g/mol. The van der Waals surface area contributed by atoms with Crippen molar-refractivity contribution in [3.05, 3.63) is 59.3 Å². The van der Waals surface area contributed by atoms with E-state index in [9.17, 15) is 18.8 Å². The molecule has 228 valence electrons. The summed E-state index contributed by atoms with van der Waals surface area (Å²) >= 11 is 6.05. The Bertz CT molecular complexity index is 1530. The standard InChI is InChI=1S/C29H33ClFN7O5/c1-29(2,3)43-28(41)38-15-17(12-22(38)27(40)37(4)5)34-26(39)19-13-32-10-9-21(19)35-25-23(42-6)14-33-24(36-25)18-11-16(30)7-8-20(18)31/h7-11,13-14,17,22H,12,15H2,1-6H3,(H,34,39)(H,32,33,35,36)/t17-,22-/m1/s1. The van der Waals surface area contributed by atoms with Crippen molar-refractivity contribution in [3.8, 4) is 17.1 Å². The van der Waals surface area contributed by atoms with Gasteiger partial charge >= 0.3 is 6.09 Å². The van der Waals surface area contributed by atoms with Crippen LogP contribution in [0.3, 0.4) is 0 Å². The predicted octanol–water partition coefficient (Wildman–Crippen LogP) is 4.28. The van der Waals surface area contributed by atoms with Crippen molar-refractivity contribution in [1.82, 2.24) is 30.1 Å². The van der Waals surface area contributed by atoms with Crippen molar-refractivity contribution >= 4 is 41.0 Å². The van der Waals surface area contributed by atoms with Crippen molar-refractivity contribution in [3.63, 3.8) is 0 Å². The van der Waals surface area contributed by atoms with E-state index in [0.29, 0.717) is 10.7 Å². The summed E-state index contributed by atoms with van der Waals surface area (Å²) in [6.45, 7) is 5.28. The summed E-state index contributed by atoms with van der Waals surface area (Å²) in [6.07, 6.45) is 3.77. The Balaban J connectivity index is 1.58. The fourth-order valence-corrected chi connectivity index (χ4v) is 4.65. The number of nitrogens with one attached hydrogen (secondary N) is 2. The number of ether oxygens (including phenoxy) is 2. The largest absolute Gasteiger partial charge is 0.491 e. The van der Waals surface area contributed by atoms with Crippen LogP contribution in [-0.4, -0.2) is 88.1 Å². The Morgan fingerprint density at radius 2 is 1.91 bits per heavy atom. The molecule has 0 aliphatic carbocycles. The van der Waals surface area contributed by atoms with E-state index in [1.54, 1.807) is 40.9 Å². The van der Waals surface area contributed by atoms with E-state index in [2.05, 4.69) is 25.6 Å². The van der Waals surface area contributed by atoms with Gasteiger partial charge in [0.1, 0.15) is 17.5 Å². The number of benzene rings is 1. The summed E-state index contributed by atoms with van der Waals surface area (Å²) < 4.78 is 25.4. The van der Waals surface area contributed by atoms with Crippen LogP contribution in [0.25, 0.3) is 11.4 Å². The first-order valence-corrected chi connectivity index (χ1v) is 13.7. The summed E-state index contributed by atoms with van der Waals surface area (Å²) in [5, 5.41) is 6.27. The molecule has 1 aromatic carbocycles. The number of anilines is 2. The zero-order valence-corrected chi connectivity index (χ0v) is 25.4. The summed E-state index contributed by atoms with van der Waals surface area (Å²) in [4.78, 5) is 54.8. The lowest BCUT2D eigenvalue weighted by Gasteiger charge is -2.29. The summed E-state index contributed by atoms with van der Waals surface area (Å²) in [6, 6.07) is 4.25. The van der Waals surface area contributed by atoms with Crippen molar-refractivity contribution in [1.29, 1.82) is 0 Å². The van der Waals surface area contributed by atoms with Gasteiger partial charge in [0.15, 0.2) is 17.4 Å². The quantitative estimate of drug-likeness (QED) is 0.400. The molecule has 3 amide bonds. The van der Waals surface area contributed by atoms with Gasteiger partial charge in [0.05, 0.1) is 30.1 Å². The molecule has 3 aromatic rings. The van der Waals surface area contributed by atoms with Gasteiger partial charge in [-0.05, 0) is 51.5 Å². The molecular formula is C29H33ClFN7O5. The van der Waals surface area contributed by atoms with Crippen molar-refractivity contribution < 1.29 is 28.2 Å². The number of likely N-dealkylation sites (tertiary alicyclic amines) is 1. The van der Waals surface area contributed by atoms with Crippen LogP contribution in [0.2, 0.25) is 5.02 Å². The molecule has 0 spiro atoms. The molecular weight excluding hydrogens is 581 g/mol.